The van der Waals surface area contributed by atoms with Crippen LogP contribution in [-0.4, -0.2) is 27.5 Å². The molecule has 0 saturated carbocycles. The lowest BCUT2D eigenvalue weighted by Gasteiger charge is -2.19. The number of amides is 1. The molecule has 0 unspecified atom stereocenters. The van der Waals surface area contributed by atoms with Crippen LogP contribution in [0.15, 0.2) is 52.9 Å². The Morgan fingerprint density at radius 2 is 2.00 bits per heavy atom. The average Bonchev–Trinajstić information content (AvgIpc) is 3.22. The molecule has 1 aromatic carbocycles. The van der Waals surface area contributed by atoms with Gasteiger partial charge in [-0.3, -0.25) is 9.89 Å². The van der Waals surface area contributed by atoms with E-state index in [4.69, 9.17) is 4.42 Å². The molecule has 3 aromatic rings. The van der Waals surface area contributed by atoms with E-state index in [-0.39, 0.29) is 5.91 Å². The number of aromatic amines is 1. The molecule has 2 aromatic heterocycles. The Hall–Kier alpha value is -2.82. The summed E-state index contributed by atoms with van der Waals surface area (Å²) in [5, 5.41) is 7.00. The van der Waals surface area contributed by atoms with Gasteiger partial charge < -0.3 is 9.32 Å². The van der Waals surface area contributed by atoms with E-state index >= 15 is 0 Å². The largest absolute Gasteiger partial charge is 0.460 e. The summed E-state index contributed by atoms with van der Waals surface area (Å²) in [5.41, 5.74) is 2.20. The number of nitrogens with one attached hydrogen (secondary N) is 1. The van der Waals surface area contributed by atoms with E-state index in [1.165, 1.54) is 0 Å². The molecule has 0 bridgehead atoms. The maximum absolute atomic E-state index is 12.6. The standard InChI is InChI=1S/C18H19N3O2/c1-3-21(12-14-7-5-4-6-8-14)18(22)16-11-15(19-20-16)17-10-9-13(2)23-17/h4-11H,3,12H2,1-2H3,(H,19,20). The van der Waals surface area contributed by atoms with E-state index < -0.39 is 0 Å². The summed E-state index contributed by atoms with van der Waals surface area (Å²) < 4.78 is 5.55. The van der Waals surface area contributed by atoms with Crippen LogP contribution in [0.5, 0.6) is 0 Å². The lowest BCUT2D eigenvalue weighted by molar-refractivity contribution is 0.0746. The molecule has 5 heteroatoms. The van der Waals surface area contributed by atoms with Gasteiger partial charge in [-0.25, -0.2) is 0 Å². The molecular weight excluding hydrogens is 290 g/mol. The summed E-state index contributed by atoms with van der Waals surface area (Å²) in [6, 6.07) is 15.4. The van der Waals surface area contributed by atoms with Crippen molar-refractivity contribution in [3.63, 3.8) is 0 Å². The molecule has 0 aliphatic rings. The van der Waals surface area contributed by atoms with E-state index in [1.807, 2.05) is 56.3 Å². The third-order valence-electron chi connectivity index (χ3n) is 3.69. The topological polar surface area (TPSA) is 62.1 Å². The van der Waals surface area contributed by atoms with Gasteiger partial charge in [0, 0.05) is 19.2 Å². The number of aryl methyl sites for hydroxylation is 1. The highest BCUT2D eigenvalue weighted by Crippen LogP contribution is 2.21. The molecule has 118 valence electrons. The maximum Gasteiger partial charge on any atom is 0.274 e. The molecule has 0 aliphatic carbocycles. The van der Waals surface area contributed by atoms with Gasteiger partial charge in [0.1, 0.15) is 11.5 Å². The van der Waals surface area contributed by atoms with Crippen molar-refractivity contribution in [3.8, 4) is 11.5 Å². The Kier molecular flexibility index (Phi) is 4.28. The smallest absolute Gasteiger partial charge is 0.274 e. The van der Waals surface area contributed by atoms with E-state index in [0.29, 0.717) is 30.2 Å². The lowest BCUT2D eigenvalue weighted by Crippen LogP contribution is -2.30. The van der Waals surface area contributed by atoms with E-state index in [2.05, 4.69) is 10.2 Å². The maximum atomic E-state index is 12.6. The molecule has 3 rings (SSSR count). The highest BCUT2D eigenvalue weighted by Gasteiger charge is 2.18. The zero-order chi connectivity index (χ0) is 16.2. The van der Waals surface area contributed by atoms with Crippen molar-refractivity contribution in [3.05, 3.63) is 65.5 Å². The predicted molar refractivity (Wildman–Crippen MR) is 87.9 cm³/mol. The molecule has 0 radical (unpaired) electrons. The zero-order valence-electron chi connectivity index (χ0n) is 13.2. The Morgan fingerprint density at radius 1 is 1.22 bits per heavy atom. The second-order valence-electron chi connectivity index (χ2n) is 5.38. The van der Waals surface area contributed by atoms with Crippen molar-refractivity contribution in [1.82, 2.24) is 15.1 Å². The van der Waals surface area contributed by atoms with Crippen LogP contribution in [0, 0.1) is 6.92 Å². The first-order chi connectivity index (χ1) is 11.2. The van der Waals surface area contributed by atoms with E-state index in [0.717, 1.165) is 11.3 Å². The third-order valence-corrected chi connectivity index (χ3v) is 3.69. The van der Waals surface area contributed by atoms with Crippen molar-refractivity contribution >= 4 is 5.91 Å². The third kappa shape index (κ3) is 3.34. The fourth-order valence-corrected chi connectivity index (χ4v) is 2.43. The summed E-state index contributed by atoms with van der Waals surface area (Å²) in [5.74, 6) is 1.41. The summed E-state index contributed by atoms with van der Waals surface area (Å²) in [7, 11) is 0. The van der Waals surface area contributed by atoms with E-state index in [1.54, 1.807) is 11.0 Å². The normalized spacial score (nSPS) is 10.7. The predicted octanol–water partition coefficient (Wildman–Crippen LogP) is 3.64. The van der Waals surface area contributed by atoms with Gasteiger partial charge in [0.05, 0.1) is 0 Å². The summed E-state index contributed by atoms with van der Waals surface area (Å²) in [6.45, 7) is 5.03. The molecule has 0 aliphatic heterocycles. The molecule has 23 heavy (non-hydrogen) atoms. The monoisotopic (exact) mass is 309 g/mol. The second-order valence-corrected chi connectivity index (χ2v) is 5.38. The number of rotatable bonds is 5. The first-order valence-corrected chi connectivity index (χ1v) is 7.63. The van der Waals surface area contributed by atoms with Crippen LogP contribution >= 0.6 is 0 Å². The average molecular weight is 309 g/mol. The number of H-pyrrole nitrogens is 1. The van der Waals surface area contributed by atoms with Gasteiger partial charge in [-0.1, -0.05) is 30.3 Å². The fourth-order valence-electron chi connectivity index (χ4n) is 2.43. The lowest BCUT2D eigenvalue weighted by atomic mass is 10.2. The van der Waals surface area contributed by atoms with Gasteiger partial charge >= 0.3 is 0 Å². The van der Waals surface area contributed by atoms with Crippen molar-refractivity contribution in [1.29, 1.82) is 0 Å². The summed E-state index contributed by atoms with van der Waals surface area (Å²) >= 11 is 0. The van der Waals surface area contributed by atoms with Crippen LogP contribution in [0.4, 0.5) is 0 Å². The molecule has 1 amide bonds. The van der Waals surface area contributed by atoms with Crippen molar-refractivity contribution in [2.24, 2.45) is 0 Å². The molecule has 0 spiro atoms. The number of carbonyl (C=O) groups excluding carboxylic acids is 1. The molecule has 5 nitrogen and oxygen atoms in total. The molecule has 2 heterocycles. The zero-order valence-corrected chi connectivity index (χ0v) is 13.2. The van der Waals surface area contributed by atoms with Gasteiger partial charge in [0.15, 0.2) is 11.5 Å². The first-order valence-electron chi connectivity index (χ1n) is 7.63. The SMILES string of the molecule is CCN(Cc1ccccc1)C(=O)c1cc(-c2ccc(C)o2)[nH]n1. The first kappa shape index (κ1) is 15.1. The molecule has 0 atom stereocenters. The van der Waals surface area contributed by atoms with Gasteiger partial charge in [-0.05, 0) is 31.5 Å². The fraction of sp³-hybridized carbons (Fsp3) is 0.222. The van der Waals surface area contributed by atoms with E-state index in [9.17, 15) is 4.79 Å². The summed E-state index contributed by atoms with van der Waals surface area (Å²) in [4.78, 5) is 14.4. The Morgan fingerprint density at radius 3 is 2.65 bits per heavy atom. The molecular formula is C18H19N3O2. The number of furan rings is 1. The van der Waals surface area contributed by atoms with Crippen LogP contribution in [0.2, 0.25) is 0 Å². The number of carbonyl (C=O) groups is 1. The van der Waals surface area contributed by atoms with Crippen LogP contribution in [-0.2, 0) is 6.54 Å². The van der Waals surface area contributed by atoms with Crippen molar-refractivity contribution in [2.45, 2.75) is 20.4 Å². The number of benzene rings is 1. The van der Waals surface area contributed by atoms with Crippen LogP contribution < -0.4 is 0 Å². The highest BCUT2D eigenvalue weighted by molar-refractivity contribution is 5.93. The second kappa shape index (κ2) is 6.52. The molecule has 1 N–H and O–H groups in total. The quantitative estimate of drug-likeness (QED) is 0.782. The minimum absolute atomic E-state index is 0.0952. The number of hydrogen-bond donors (Lipinski definition) is 1. The van der Waals surface area contributed by atoms with Gasteiger partial charge in [-0.15, -0.1) is 0 Å². The Bertz CT molecular complexity index is 789. The number of nitrogens with zero attached hydrogens (tertiary/aromatic N) is 2. The van der Waals surface area contributed by atoms with Crippen LogP contribution in [0.25, 0.3) is 11.5 Å². The minimum atomic E-state index is -0.0952. The van der Waals surface area contributed by atoms with Gasteiger partial charge in [-0.2, -0.15) is 5.10 Å². The number of aromatic nitrogens is 2. The van der Waals surface area contributed by atoms with Gasteiger partial charge in [0.25, 0.3) is 5.91 Å². The van der Waals surface area contributed by atoms with Crippen molar-refractivity contribution < 1.29 is 9.21 Å². The van der Waals surface area contributed by atoms with Crippen LogP contribution in [0.3, 0.4) is 0 Å². The summed E-state index contributed by atoms with van der Waals surface area (Å²) in [6.07, 6.45) is 0. The van der Waals surface area contributed by atoms with Gasteiger partial charge in [0.2, 0.25) is 0 Å². The molecule has 0 saturated heterocycles. The van der Waals surface area contributed by atoms with Crippen LogP contribution in [0.1, 0.15) is 28.7 Å². The number of hydrogen-bond acceptors (Lipinski definition) is 3. The molecule has 0 fully saturated rings. The highest BCUT2D eigenvalue weighted by atomic mass is 16.3. The Balaban J connectivity index is 1.77. The minimum Gasteiger partial charge on any atom is -0.460 e. The Labute approximate surface area is 134 Å². The van der Waals surface area contributed by atoms with Crippen molar-refractivity contribution in [2.75, 3.05) is 6.54 Å².